The molecule has 1 atom stereocenters. The van der Waals surface area contributed by atoms with Gasteiger partial charge in [-0.25, -0.2) is 9.78 Å². The zero-order valence-corrected chi connectivity index (χ0v) is 12.7. The van der Waals surface area contributed by atoms with E-state index >= 15 is 0 Å². The van der Waals surface area contributed by atoms with Crippen LogP contribution in [0.3, 0.4) is 0 Å². The fraction of sp³-hybridized carbons (Fsp3) is 0.278. The third-order valence-corrected chi connectivity index (χ3v) is 4.25. The summed E-state index contributed by atoms with van der Waals surface area (Å²) >= 11 is 0. The van der Waals surface area contributed by atoms with Crippen LogP contribution in [0.25, 0.3) is 0 Å². The van der Waals surface area contributed by atoms with E-state index in [0.717, 1.165) is 19.3 Å². The van der Waals surface area contributed by atoms with E-state index in [9.17, 15) is 9.59 Å². The van der Waals surface area contributed by atoms with Gasteiger partial charge in [0, 0.05) is 18.7 Å². The van der Waals surface area contributed by atoms with Crippen LogP contribution in [0, 0.1) is 0 Å². The van der Waals surface area contributed by atoms with Gasteiger partial charge in [-0.05, 0) is 42.5 Å². The lowest BCUT2D eigenvalue weighted by atomic mass is 9.83. The Morgan fingerprint density at radius 3 is 2.78 bits per heavy atom. The maximum absolute atomic E-state index is 12.2. The summed E-state index contributed by atoms with van der Waals surface area (Å²) in [5.41, 5.74) is 2.99. The second-order valence-electron chi connectivity index (χ2n) is 5.74. The highest BCUT2D eigenvalue weighted by Gasteiger charge is 2.20. The van der Waals surface area contributed by atoms with Gasteiger partial charge in [0.05, 0.1) is 5.56 Å². The lowest BCUT2D eigenvalue weighted by Gasteiger charge is -2.25. The molecule has 1 aliphatic carbocycles. The smallest absolute Gasteiger partial charge is 0.354 e. The highest BCUT2D eigenvalue weighted by molar-refractivity contribution is 5.94. The Bertz CT molecular complexity index is 725. The summed E-state index contributed by atoms with van der Waals surface area (Å²) in [7, 11) is 0. The summed E-state index contributed by atoms with van der Waals surface area (Å²) in [6.07, 6.45) is 4.59. The molecule has 23 heavy (non-hydrogen) atoms. The average Bonchev–Trinajstić information content (AvgIpc) is 2.59. The summed E-state index contributed by atoms with van der Waals surface area (Å²) in [4.78, 5) is 26.7. The Balaban J connectivity index is 1.64. The van der Waals surface area contributed by atoms with Crippen LogP contribution in [0.5, 0.6) is 0 Å². The standard InChI is InChI=1S/C18H18N2O3/c21-17(14-8-9-16(18(22)23)19-11-14)20-10-13-6-3-5-12-4-1-2-7-15(12)13/h1-2,4,7-9,11,13H,3,5-6,10H2,(H,20,21)(H,22,23). The Labute approximate surface area is 134 Å². The quantitative estimate of drug-likeness (QED) is 0.910. The van der Waals surface area contributed by atoms with Gasteiger partial charge < -0.3 is 10.4 Å². The summed E-state index contributed by atoms with van der Waals surface area (Å²) < 4.78 is 0. The van der Waals surface area contributed by atoms with E-state index in [1.165, 1.54) is 29.5 Å². The lowest BCUT2D eigenvalue weighted by Crippen LogP contribution is -2.30. The fourth-order valence-corrected chi connectivity index (χ4v) is 3.04. The van der Waals surface area contributed by atoms with E-state index in [2.05, 4.69) is 28.5 Å². The van der Waals surface area contributed by atoms with Crippen molar-refractivity contribution in [2.45, 2.75) is 25.2 Å². The maximum atomic E-state index is 12.2. The van der Waals surface area contributed by atoms with Crippen molar-refractivity contribution in [3.05, 3.63) is 65.0 Å². The molecule has 1 unspecified atom stereocenters. The van der Waals surface area contributed by atoms with Crippen LogP contribution in [0.1, 0.15) is 50.7 Å². The molecular weight excluding hydrogens is 292 g/mol. The predicted molar refractivity (Wildman–Crippen MR) is 85.7 cm³/mol. The number of nitrogens with one attached hydrogen (secondary N) is 1. The van der Waals surface area contributed by atoms with Crippen molar-refractivity contribution in [3.8, 4) is 0 Å². The molecule has 0 aliphatic heterocycles. The summed E-state index contributed by atoms with van der Waals surface area (Å²) in [5.74, 6) is -0.997. The number of rotatable bonds is 4. The molecule has 1 heterocycles. The Hall–Kier alpha value is -2.69. The predicted octanol–water partition coefficient (Wildman–Crippen LogP) is 2.63. The molecule has 1 aromatic carbocycles. The maximum Gasteiger partial charge on any atom is 0.354 e. The van der Waals surface area contributed by atoms with Gasteiger partial charge in [-0.3, -0.25) is 4.79 Å². The number of pyridine rings is 1. The number of carbonyl (C=O) groups is 2. The van der Waals surface area contributed by atoms with Gasteiger partial charge in [0.2, 0.25) is 0 Å². The van der Waals surface area contributed by atoms with Gasteiger partial charge in [-0.1, -0.05) is 24.3 Å². The third-order valence-electron chi connectivity index (χ3n) is 4.25. The molecular formula is C18H18N2O3. The topological polar surface area (TPSA) is 79.3 Å². The van der Waals surface area contributed by atoms with Crippen molar-refractivity contribution >= 4 is 11.9 Å². The number of hydrogen-bond donors (Lipinski definition) is 2. The first-order valence-electron chi connectivity index (χ1n) is 7.70. The minimum absolute atomic E-state index is 0.0669. The van der Waals surface area contributed by atoms with Crippen LogP contribution in [0.4, 0.5) is 0 Å². The molecule has 118 valence electrons. The molecule has 2 N–H and O–H groups in total. The second kappa shape index (κ2) is 6.60. The highest BCUT2D eigenvalue weighted by Crippen LogP contribution is 2.30. The van der Waals surface area contributed by atoms with Gasteiger partial charge in [0.15, 0.2) is 0 Å². The molecule has 2 aromatic rings. The SMILES string of the molecule is O=C(NCC1CCCc2ccccc21)c1ccc(C(=O)O)nc1. The molecule has 0 fully saturated rings. The molecule has 3 rings (SSSR count). The van der Waals surface area contributed by atoms with E-state index in [0.29, 0.717) is 18.0 Å². The first-order valence-corrected chi connectivity index (χ1v) is 7.70. The monoisotopic (exact) mass is 310 g/mol. The summed E-state index contributed by atoms with van der Waals surface area (Å²) in [6.45, 7) is 0.580. The molecule has 0 saturated heterocycles. The van der Waals surface area contributed by atoms with Crippen molar-refractivity contribution in [2.24, 2.45) is 0 Å². The molecule has 0 bridgehead atoms. The van der Waals surface area contributed by atoms with Crippen LogP contribution in [0.2, 0.25) is 0 Å². The third kappa shape index (κ3) is 3.39. The first kappa shape index (κ1) is 15.2. The summed E-state index contributed by atoms with van der Waals surface area (Å²) in [5, 5.41) is 11.7. The number of aryl methyl sites for hydroxylation is 1. The van der Waals surface area contributed by atoms with Gasteiger partial charge in [0.1, 0.15) is 5.69 Å². The minimum Gasteiger partial charge on any atom is -0.477 e. The normalized spacial score (nSPS) is 16.4. The van der Waals surface area contributed by atoms with E-state index in [4.69, 9.17) is 5.11 Å². The van der Waals surface area contributed by atoms with Crippen LogP contribution in [-0.4, -0.2) is 28.5 Å². The van der Waals surface area contributed by atoms with E-state index in [1.54, 1.807) is 0 Å². The minimum atomic E-state index is -1.10. The Kier molecular flexibility index (Phi) is 4.37. The second-order valence-corrected chi connectivity index (χ2v) is 5.74. The number of aromatic carboxylic acids is 1. The molecule has 0 radical (unpaired) electrons. The lowest BCUT2D eigenvalue weighted by molar-refractivity contribution is 0.0689. The van der Waals surface area contributed by atoms with E-state index < -0.39 is 5.97 Å². The number of benzene rings is 1. The molecule has 1 aromatic heterocycles. The number of aromatic nitrogens is 1. The average molecular weight is 310 g/mol. The van der Waals surface area contributed by atoms with Crippen molar-refractivity contribution < 1.29 is 14.7 Å². The Morgan fingerprint density at radius 2 is 2.04 bits per heavy atom. The Morgan fingerprint density at radius 1 is 1.22 bits per heavy atom. The fourth-order valence-electron chi connectivity index (χ4n) is 3.04. The van der Waals surface area contributed by atoms with Crippen molar-refractivity contribution in [1.29, 1.82) is 0 Å². The molecule has 0 saturated carbocycles. The van der Waals surface area contributed by atoms with Gasteiger partial charge in [0.25, 0.3) is 5.91 Å². The van der Waals surface area contributed by atoms with Gasteiger partial charge >= 0.3 is 5.97 Å². The number of nitrogens with zero attached hydrogens (tertiary/aromatic N) is 1. The summed E-state index contributed by atoms with van der Waals surface area (Å²) in [6, 6.07) is 11.2. The molecule has 0 spiro atoms. The molecule has 1 aliphatic rings. The zero-order chi connectivity index (χ0) is 16.2. The number of carboxylic acid groups (broad SMARTS) is 1. The van der Waals surface area contributed by atoms with E-state index in [-0.39, 0.29) is 11.6 Å². The van der Waals surface area contributed by atoms with Gasteiger partial charge in [-0.2, -0.15) is 0 Å². The molecule has 5 nitrogen and oxygen atoms in total. The molecule has 1 amide bonds. The largest absolute Gasteiger partial charge is 0.477 e. The number of carboxylic acids is 1. The van der Waals surface area contributed by atoms with Crippen molar-refractivity contribution in [1.82, 2.24) is 10.3 Å². The van der Waals surface area contributed by atoms with Crippen molar-refractivity contribution in [3.63, 3.8) is 0 Å². The van der Waals surface area contributed by atoms with Crippen LogP contribution >= 0.6 is 0 Å². The van der Waals surface area contributed by atoms with Gasteiger partial charge in [-0.15, -0.1) is 0 Å². The number of fused-ring (bicyclic) bond motifs is 1. The van der Waals surface area contributed by atoms with Crippen LogP contribution in [-0.2, 0) is 6.42 Å². The van der Waals surface area contributed by atoms with Crippen LogP contribution in [0.15, 0.2) is 42.6 Å². The number of amides is 1. The van der Waals surface area contributed by atoms with Crippen molar-refractivity contribution in [2.75, 3.05) is 6.54 Å². The highest BCUT2D eigenvalue weighted by atomic mass is 16.4. The number of carbonyl (C=O) groups excluding carboxylic acids is 1. The first-order chi connectivity index (χ1) is 11.1. The zero-order valence-electron chi connectivity index (χ0n) is 12.7. The molecule has 5 heteroatoms. The van der Waals surface area contributed by atoms with E-state index in [1.807, 2.05) is 6.07 Å². The number of hydrogen-bond acceptors (Lipinski definition) is 3. The van der Waals surface area contributed by atoms with Crippen LogP contribution < -0.4 is 5.32 Å².